The third kappa shape index (κ3) is 1.93. The summed E-state index contributed by atoms with van der Waals surface area (Å²) in [6.45, 7) is 1.10. The number of esters is 1. The highest BCUT2D eigenvalue weighted by Crippen LogP contribution is 1.94. The number of ketones is 1. The van der Waals surface area contributed by atoms with Gasteiger partial charge in [-0.25, -0.2) is 4.79 Å². The number of hydrogen-bond acceptors (Lipinski definition) is 5. The normalized spacial score (nSPS) is 11.8. The Morgan fingerprint density at radius 3 is 2.10 bits per heavy atom. The van der Waals surface area contributed by atoms with E-state index in [1.165, 1.54) is 0 Å². The molecule has 0 aliphatic carbocycles. The molecule has 5 heteroatoms. The molecule has 0 radical (unpaired) electrons. The first-order chi connectivity index (χ1) is 4.63. The molecule has 0 N–H and O–H groups in total. The lowest BCUT2D eigenvalue weighted by Crippen LogP contribution is -2.26. The van der Waals surface area contributed by atoms with Gasteiger partial charge < -0.3 is 4.74 Å². The Balaban J connectivity index is 4.20. The van der Waals surface area contributed by atoms with Gasteiger partial charge in [0.2, 0.25) is 6.04 Å². The molecule has 56 valence electrons. The summed E-state index contributed by atoms with van der Waals surface area (Å²) in [5.74, 6) is -1.52. The Labute approximate surface area is 57.3 Å². The molecule has 0 aliphatic rings. The molecule has 5 nitrogen and oxygen atoms in total. The maximum Gasteiger partial charge on any atom is 0.342 e. The summed E-state index contributed by atoms with van der Waals surface area (Å²) in [4.78, 5) is 30.6. The van der Waals surface area contributed by atoms with Crippen molar-refractivity contribution >= 4 is 11.8 Å². The largest absolute Gasteiger partial charge is 0.467 e. The number of carbonyl (C=O) groups excluding carboxylic acids is 2. The molecule has 0 aromatic heterocycles. The standard InChI is InChI=1S/C5H7NO4/c1-3(7)4(6-9)5(8)10-2/h4H,1-2H3. The molecule has 0 saturated heterocycles. The van der Waals surface area contributed by atoms with Gasteiger partial charge in [0.25, 0.3) is 0 Å². The van der Waals surface area contributed by atoms with E-state index in [4.69, 9.17) is 0 Å². The number of nitrogens with zero attached hydrogens (tertiary/aromatic N) is 1. The Bertz CT molecular complexity index is 165. The van der Waals surface area contributed by atoms with Crippen molar-refractivity contribution in [2.45, 2.75) is 13.0 Å². The summed E-state index contributed by atoms with van der Waals surface area (Å²) in [5, 5.41) is 2.28. The highest BCUT2D eigenvalue weighted by molar-refractivity contribution is 6.01. The van der Waals surface area contributed by atoms with Crippen molar-refractivity contribution < 1.29 is 14.3 Å². The van der Waals surface area contributed by atoms with Crippen LogP contribution in [0.5, 0.6) is 0 Å². The molecular formula is C5H7NO4. The maximum absolute atomic E-state index is 10.4. The fraction of sp³-hybridized carbons (Fsp3) is 0.600. The number of Topliss-reactive ketones (excluding diaryl/α,β-unsaturated/α-hetero) is 1. The number of carbonyl (C=O) groups is 2. The van der Waals surface area contributed by atoms with E-state index in [9.17, 15) is 14.5 Å². The van der Waals surface area contributed by atoms with Crippen molar-refractivity contribution in [3.05, 3.63) is 4.91 Å². The minimum atomic E-state index is -1.50. The molecule has 10 heavy (non-hydrogen) atoms. The molecule has 1 atom stereocenters. The number of hydrogen-bond donors (Lipinski definition) is 0. The maximum atomic E-state index is 10.4. The second-order valence-corrected chi connectivity index (χ2v) is 1.64. The van der Waals surface area contributed by atoms with Crippen molar-refractivity contribution in [2.24, 2.45) is 5.18 Å². The van der Waals surface area contributed by atoms with Crippen LogP contribution in [-0.4, -0.2) is 24.9 Å². The molecule has 0 aliphatic heterocycles. The van der Waals surface area contributed by atoms with Crippen molar-refractivity contribution in [1.29, 1.82) is 0 Å². The summed E-state index contributed by atoms with van der Waals surface area (Å²) in [6, 6.07) is -1.50. The zero-order chi connectivity index (χ0) is 8.15. The lowest BCUT2D eigenvalue weighted by atomic mass is 10.2. The number of nitroso groups, excluding NO2 is 1. The zero-order valence-corrected chi connectivity index (χ0v) is 5.66. The molecule has 0 aromatic carbocycles. The topological polar surface area (TPSA) is 72.8 Å². The van der Waals surface area contributed by atoms with E-state index in [-0.39, 0.29) is 0 Å². The van der Waals surface area contributed by atoms with Crippen LogP contribution in [0.3, 0.4) is 0 Å². The van der Waals surface area contributed by atoms with Crippen LogP contribution in [0.4, 0.5) is 0 Å². The molecule has 0 amide bonds. The first-order valence-corrected chi connectivity index (χ1v) is 2.54. The van der Waals surface area contributed by atoms with Gasteiger partial charge in [-0.05, 0) is 12.1 Å². The second-order valence-electron chi connectivity index (χ2n) is 1.64. The summed E-state index contributed by atoms with van der Waals surface area (Å²) < 4.78 is 4.11. The van der Waals surface area contributed by atoms with Crippen LogP contribution in [0.15, 0.2) is 5.18 Å². The van der Waals surface area contributed by atoms with E-state index in [0.717, 1.165) is 14.0 Å². The molecule has 1 unspecified atom stereocenters. The Hall–Kier alpha value is -1.26. The average molecular weight is 145 g/mol. The minimum Gasteiger partial charge on any atom is -0.467 e. The average Bonchev–Trinajstić information content (AvgIpc) is 1.88. The van der Waals surface area contributed by atoms with E-state index in [2.05, 4.69) is 9.91 Å². The second kappa shape index (κ2) is 3.71. The Kier molecular flexibility index (Phi) is 3.24. The van der Waals surface area contributed by atoms with Gasteiger partial charge in [-0.3, -0.25) is 4.79 Å². The molecular weight excluding hydrogens is 138 g/mol. The number of rotatable bonds is 3. The lowest BCUT2D eigenvalue weighted by molar-refractivity contribution is -0.144. The number of methoxy groups -OCH3 is 1. The van der Waals surface area contributed by atoms with Gasteiger partial charge in [0.1, 0.15) is 0 Å². The molecule has 0 fully saturated rings. The summed E-state index contributed by atoms with van der Waals surface area (Å²) in [6.07, 6.45) is 0. The summed E-state index contributed by atoms with van der Waals surface area (Å²) >= 11 is 0. The highest BCUT2D eigenvalue weighted by Gasteiger charge is 2.24. The zero-order valence-electron chi connectivity index (χ0n) is 5.66. The predicted molar refractivity (Wildman–Crippen MR) is 32.3 cm³/mol. The van der Waals surface area contributed by atoms with Crippen molar-refractivity contribution in [3.8, 4) is 0 Å². The first-order valence-electron chi connectivity index (χ1n) is 2.54. The van der Waals surface area contributed by atoms with E-state index in [1.807, 2.05) is 0 Å². The molecule has 0 heterocycles. The fourth-order valence-corrected chi connectivity index (χ4v) is 0.395. The van der Waals surface area contributed by atoms with E-state index < -0.39 is 17.8 Å². The molecule has 0 rings (SSSR count). The third-order valence-corrected chi connectivity index (χ3v) is 0.915. The molecule has 0 aromatic rings. The van der Waals surface area contributed by atoms with Crippen LogP contribution in [0.1, 0.15) is 6.92 Å². The van der Waals surface area contributed by atoms with Crippen LogP contribution < -0.4 is 0 Å². The van der Waals surface area contributed by atoms with Gasteiger partial charge in [0.05, 0.1) is 7.11 Å². The monoisotopic (exact) mass is 145 g/mol. The van der Waals surface area contributed by atoms with Gasteiger partial charge >= 0.3 is 5.97 Å². The van der Waals surface area contributed by atoms with E-state index in [0.29, 0.717) is 0 Å². The van der Waals surface area contributed by atoms with Crippen LogP contribution in [0.25, 0.3) is 0 Å². The van der Waals surface area contributed by atoms with Gasteiger partial charge in [0.15, 0.2) is 5.78 Å². The Morgan fingerprint density at radius 1 is 1.50 bits per heavy atom. The van der Waals surface area contributed by atoms with E-state index >= 15 is 0 Å². The molecule has 0 spiro atoms. The lowest BCUT2D eigenvalue weighted by Gasteiger charge is -1.99. The molecule has 0 saturated carbocycles. The van der Waals surface area contributed by atoms with Gasteiger partial charge in [-0.1, -0.05) is 0 Å². The van der Waals surface area contributed by atoms with Crippen molar-refractivity contribution in [2.75, 3.05) is 7.11 Å². The highest BCUT2D eigenvalue weighted by atomic mass is 16.5. The van der Waals surface area contributed by atoms with E-state index in [1.54, 1.807) is 0 Å². The number of ether oxygens (including phenoxy) is 1. The van der Waals surface area contributed by atoms with Crippen LogP contribution in [0, 0.1) is 4.91 Å². The SMILES string of the molecule is COC(=O)C(N=O)C(C)=O. The Morgan fingerprint density at radius 2 is 2.00 bits per heavy atom. The van der Waals surface area contributed by atoms with Gasteiger partial charge in [-0.15, -0.1) is 4.91 Å². The predicted octanol–water partition coefficient (Wildman–Crippen LogP) is -0.117. The van der Waals surface area contributed by atoms with Crippen molar-refractivity contribution in [1.82, 2.24) is 0 Å². The van der Waals surface area contributed by atoms with Crippen LogP contribution in [0.2, 0.25) is 0 Å². The quantitative estimate of drug-likeness (QED) is 0.315. The van der Waals surface area contributed by atoms with Crippen molar-refractivity contribution in [3.63, 3.8) is 0 Å². The fourth-order valence-electron chi connectivity index (χ4n) is 0.395. The first kappa shape index (κ1) is 8.74. The van der Waals surface area contributed by atoms with Gasteiger partial charge in [0, 0.05) is 0 Å². The smallest absolute Gasteiger partial charge is 0.342 e. The minimum absolute atomic E-state index is 0.609. The molecule has 0 bridgehead atoms. The summed E-state index contributed by atoms with van der Waals surface area (Å²) in [7, 11) is 1.09. The third-order valence-electron chi connectivity index (χ3n) is 0.915. The van der Waals surface area contributed by atoms with Crippen LogP contribution >= 0.6 is 0 Å². The van der Waals surface area contributed by atoms with Crippen LogP contribution in [-0.2, 0) is 14.3 Å². The van der Waals surface area contributed by atoms with Gasteiger partial charge in [-0.2, -0.15) is 0 Å². The summed E-state index contributed by atoms with van der Waals surface area (Å²) in [5.41, 5.74) is 0.